The van der Waals surface area contributed by atoms with E-state index in [0.717, 1.165) is 103 Å². The highest BCUT2D eigenvalue weighted by atomic mass is 16.6. The topological polar surface area (TPSA) is 78.9 Å². The van der Waals surface area contributed by atoms with Gasteiger partial charge >= 0.3 is 17.9 Å². The molecule has 0 saturated carbocycles. The van der Waals surface area contributed by atoms with Crippen molar-refractivity contribution < 1.29 is 28.6 Å². The van der Waals surface area contributed by atoms with Gasteiger partial charge in [0.05, 0.1) is 0 Å². The Kier molecular flexibility index (Phi) is 48.5. The predicted molar refractivity (Wildman–Crippen MR) is 270 cm³/mol. The molecular formula is C57H96O6. The van der Waals surface area contributed by atoms with Gasteiger partial charge in [-0.05, 0) is 109 Å². The van der Waals surface area contributed by atoms with Crippen molar-refractivity contribution in [3.63, 3.8) is 0 Å². The van der Waals surface area contributed by atoms with Gasteiger partial charge in [-0.2, -0.15) is 0 Å². The van der Waals surface area contributed by atoms with Gasteiger partial charge in [0, 0.05) is 19.3 Å². The van der Waals surface area contributed by atoms with Crippen LogP contribution in [0.15, 0.2) is 85.1 Å². The zero-order valence-corrected chi connectivity index (χ0v) is 41.1. The van der Waals surface area contributed by atoms with Crippen LogP contribution in [0, 0.1) is 0 Å². The number of unbranched alkanes of at least 4 members (excludes halogenated alkanes) is 22. The SMILES string of the molecule is CC/C=C\C/C=C\C/C=C\CCCCC(=O)OCC(COC(=O)CCCCCCCCC/C=C\C/C=C\CCCCC)OC(=O)CCCCC/C=C\C=C/CCCCCCCCC. The van der Waals surface area contributed by atoms with Gasteiger partial charge in [-0.1, -0.05) is 196 Å². The summed E-state index contributed by atoms with van der Waals surface area (Å²) in [7, 11) is 0. The lowest BCUT2D eigenvalue weighted by Gasteiger charge is -2.18. The Bertz CT molecular complexity index is 1240. The third kappa shape index (κ3) is 49.5. The van der Waals surface area contributed by atoms with Crippen molar-refractivity contribution in [1.82, 2.24) is 0 Å². The zero-order valence-electron chi connectivity index (χ0n) is 41.1. The van der Waals surface area contributed by atoms with Gasteiger partial charge in [-0.3, -0.25) is 14.4 Å². The molecule has 0 radical (unpaired) electrons. The van der Waals surface area contributed by atoms with Crippen molar-refractivity contribution in [3.8, 4) is 0 Å². The van der Waals surface area contributed by atoms with E-state index < -0.39 is 6.10 Å². The summed E-state index contributed by atoms with van der Waals surface area (Å²) in [5.41, 5.74) is 0. The minimum atomic E-state index is -0.809. The lowest BCUT2D eigenvalue weighted by Crippen LogP contribution is -2.30. The van der Waals surface area contributed by atoms with Crippen LogP contribution in [0.5, 0.6) is 0 Å². The third-order valence-corrected chi connectivity index (χ3v) is 10.9. The van der Waals surface area contributed by atoms with E-state index in [1.807, 2.05) is 0 Å². The average molecular weight is 877 g/mol. The molecule has 0 N–H and O–H groups in total. The van der Waals surface area contributed by atoms with E-state index in [4.69, 9.17) is 14.2 Å². The van der Waals surface area contributed by atoms with Crippen molar-refractivity contribution in [2.24, 2.45) is 0 Å². The Labute approximate surface area is 388 Å². The van der Waals surface area contributed by atoms with E-state index in [0.29, 0.717) is 12.8 Å². The lowest BCUT2D eigenvalue weighted by atomic mass is 10.1. The maximum absolute atomic E-state index is 12.8. The molecule has 0 heterocycles. The van der Waals surface area contributed by atoms with Crippen molar-refractivity contribution in [3.05, 3.63) is 85.1 Å². The molecule has 0 aromatic rings. The van der Waals surface area contributed by atoms with Crippen LogP contribution in [0.1, 0.15) is 239 Å². The highest BCUT2D eigenvalue weighted by molar-refractivity contribution is 5.71. The van der Waals surface area contributed by atoms with Gasteiger partial charge in [-0.15, -0.1) is 0 Å². The number of esters is 3. The molecule has 0 aliphatic rings. The second-order valence-corrected chi connectivity index (χ2v) is 17.1. The molecular weight excluding hydrogens is 781 g/mol. The lowest BCUT2D eigenvalue weighted by molar-refractivity contribution is -0.167. The number of allylic oxidation sites excluding steroid dienone is 14. The van der Waals surface area contributed by atoms with Gasteiger partial charge in [0.25, 0.3) is 0 Å². The Morgan fingerprint density at radius 1 is 0.349 bits per heavy atom. The van der Waals surface area contributed by atoms with Gasteiger partial charge in [-0.25, -0.2) is 0 Å². The minimum Gasteiger partial charge on any atom is -0.462 e. The summed E-state index contributed by atoms with van der Waals surface area (Å²) in [5.74, 6) is -0.980. The normalized spacial score (nSPS) is 12.7. The van der Waals surface area contributed by atoms with E-state index in [9.17, 15) is 14.4 Å². The Morgan fingerprint density at radius 2 is 0.667 bits per heavy atom. The number of carbonyl (C=O) groups excluding carboxylic acids is 3. The Hall–Kier alpha value is -3.41. The number of ether oxygens (including phenoxy) is 3. The molecule has 1 unspecified atom stereocenters. The highest BCUT2D eigenvalue weighted by Crippen LogP contribution is 2.13. The summed E-state index contributed by atoms with van der Waals surface area (Å²) < 4.78 is 16.7. The summed E-state index contributed by atoms with van der Waals surface area (Å²) in [6.45, 7) is 6.42. The van der Waals surface area contributed by atoms with E-state index in [-0.39, 0.29) is 37.5 Å². The maximum atomic E-state index is 12.8. The fourth-order valence-corrected chi connectivity index (χ4v) is 6.95. The van der Waals surface area contributed by atoms with E-state index in [1.54, 1.807) is 0 Å². The summed E-state index contributed by atoms with van der Waals surface area (Å²) >= 11 is 0. The fraction of sp³-hybridized carbons (Fsp3) is 0.702. The van der Waals surface area contributed by atoms with Crippen molar-refractivity contribution in [2.75, 3.05) is 13.2 Å². The first-order chi connectivity index (χ1) is 31.0. The zero-order chi connectivity index (χ0) is 45.8. The average Bonchev–Trinajstić information content (AvgIpc) is 3.28. The summed E-state index contributed by atoms with van der Waals surface area (Å²) in [5, 5.41) is 0. The van der Waals surface area contributed by atoms with Crippen molar-refractivity contribution in [2.45, 2.75) is 245 Å². The summed E-state index contributed by atoms with van der Waals surface area (Å²) in [6.07, 6.45) is 65.7. The summed E-state index contributed by atoms with van der Waals surface area (Å²) in [6, 6.07) is 0. The molecule has 0 rings (SSSR count). The standard InChI is InChI=1S/C57H96O6/c1-4-7-10-13-16-19-22-25-27-29-31-32-35-38-41-44-47-50-56(59)62-53-54(52-61-55(58)49-46-43-40-37-34-24-21-18-15-12-9-6-3)63-57(60)51-48-45-42-39-36-33-30-28-26-23-20-17-14-11-8-5-2/h9,12,16,18-19,21,25,27-28,30,33-34,36-37,54H,4-8,10-11,13-15,17,20,22-24,26,29,31-32,35,38-53H2,1-3H3/b12-9-,19-16-,21-18-,27-25-,30-28-,36-33-,37-34-. The molecule has 0 spiro atoms. The van der Waals surface area contributed by atoms with Crippen LogP contribution in [0.4, 0.5) is 0 Å². The van der Waals surface area contributed by atoms with Crippen LogP contribution in [-0.2, 0) is 28.6 Å². The minimum absolute atomic E-state index is 0.104. The van der Waals surface area contributed by atoms with Crippen LogP contribution in [0.2, 0.25) is 0 Å². The van der Waals surface area contributed by atoms with Crippen LogP contribution in [0.25, 0.3) is 0 Å². The molecule has 0 aliphatic heterocycles. The number of carbonyl (C=O) groups is 3. The van der Waals surface area contributed by atoms with Gasteiger partial charge < -0.3 is 14.2 Å². The Morgan fingerprint density at radius 3 is 1.14 bits per heavy atom. The first-order valence-electron chi connectivity index (χ1n) is 26.1. The van der Waals surface area contributed by atoms with Crippen molar-refractivity contribution in [1.29, 1.82) is 0 Å². The second-order valence-electron chi connectivity index (χ2n) is 17.1. The molecule has 63 heavy (non-hydrogen) atoms. The number of rotatable bonds is 46. The highest BCUT2D eigenvalue weighted by Gasteiger charge is 2.19. The van der Waals surface area contributed by atoms with Gasteiger partial charge in [0.1, 0.15) is 13.2 Å². The molecule has 1 atom stereocenters. The molecule has 6 nitrogen and oxygen atoms in total. The maximum Gasteiger partial charge on any atom is 0.306 e. The molecule has 0 aromatic heterocycles. The third-order valence-electron chi connectivity index (χ3n) is 10.9. The van der Waals surface area contributed by atoms with Crippen LogP contribution >= 0.6 is 0 Å². The van der Waals surface area contributed by atoms with E-state index in [2.05, 4.69) is 106 Å². The Balaban J connectivity index is 4.47. The van der Waals surface area contributed by atoms with E-state index >= 15 is 0 Å². The molecule has 6 heteroatoms. The second kappa shape index (κ2) is 51.2. The summed E-state index contributed by atoms with van der Waals surface area (Å²) in [4.78, 5) is 38.0. The molecule has 0 bridgehead atoms. The van der Waals surface area contributed by atoms with Gasteiger partial charge in [0.2, 0.25) is 0 Å². The first-order valence-corrected chi connectivity index (χ1v) is 26.1. The fourth-order valence-electron chi connectivity index (χ4n) is 6.95. The molecule has 360 valence electrons. The quantitative estimate of drug-likeness (QED) is 0.0199. The molecule has 0 saturated heterocycles. The predicted octanol–water partition coefficient (Wildman–Crippen LogP) is 17.2. The number of hydrogen-bond donors (Lipinski definition) is 0. The van der Waals surface area contributed by atoms with E-state index in [1.165, 1.54) is 96.3 Å². The molecule has 0 fully saturated rings. The largest absolute Gasteiger partial charge is 0.462 e. The van der Waals surface area contributed by atoms with Crippen LogP contribution in [0.3, 0.4) is 0 Å². The molecule has 0 amide bonds. The first kappa shape index (κ1) is 59.6. The number of hydrogen-bond acceptors (Lipinski definition) is 6. The molecule has 0 aromatic carbocycles. The monoisotopic (exact) mass is 877 g/mol. The van der Waals surface area contributed by atoms with Crippen LogP contribution in [-0.4, -0.2) is 37.2 Å². The molecule has 0 aliphatic carbocycles. The smallest absolute Gasteiger partial charge is 0.306 e. The van der Waals surface area contributed by atoms with Crippen molar-refractivity contribution >= 4 is 17.9 Å². The van der Waals surface area contributed by atoms with Crippen LogP contribution < -0.4 is 0 Å². The van der Waals surface area contributed by atoms with Gasteiger partial charge in [0.15, 0.2) is 6.10 Å².